The largest absolute Gasteiger partial charge is 0.496 e. The maximum absolute atomic E-state index is 11.9. The fourth-order valence-corrected chi connectivity index (χ4v) is 2.83. The Balaban J connectivity index is 1.83. The number of carbonyl (C=O) groups excluding carboxylic acids is 1. The molecule has 1 saturated carbocycles. The summed E-state index contributed by atoms with van der Waals surface area (Å²) in [5.41, 5.74) is 0.839. The lowest BCUT2D eigenvalue weighted by Gasteiger charge is -2.24. The van der Waals surface area contributed by atoms with Crippen molar-refractivity contribution in [1.29, 1.82) is 0 Å². The monoisotopic (exact) mass is 319 g/mol. The molecule has 2 rings (SSSR count). The van der Waals surface area contributed by atoms with Crippen molar-refractivity contribution in [3.63, 3.8) is 0 Å². The molecule has 1 aromatic rings. The van der Waals surface area contributed by atoms with Crippen molar-refractivity contribution in [3.05, 3.63) is 29.8 Å². The number of para-hydroxylation sites is 1. The van der Waals surface area contributed by atoms with E-state index in [9.17, 15) is 14.7 Å². The third-order valence-electron chi connectivity index (χ3n) is 4.56. The van der Waals surface area contributed by atoms with Crippen LogP contribution in [0.25, 0.3) is 0 Å². The van der Waals surface area contributed by atoms with Crippen LogP contribution in [0, 0.1) is 11.8 Å². The second-order valence-corrected chi connectivity index (χ2v) is 6.19. The summed E-state index contributed by atoms with van der Waals surface area (Å²) in [7, 11) is 1.57. The normalized spacial score (nSPS) is 15.5. The molecule has 0 radical (unpaired) electrons. The summed E-state index contributed by atoms with van der Waals surface area (Å²) in [4.78, 5) is 23.3. The first-order valence-corrected chi connectivity index (χ1v) is 8.21. The molecule has 1 atom stereocenters. The maximum atomic E-state index is 11.9. The summed E-state index contributed by atoms with van der Waals surface area (Å²) in [5, 5.41) is 12.1. The quantitative estimate of drug-likeness (QED) is 0.733. The molecule has 0 aliphatic heterocycles. The number of rotatable bonds is 9. The number of hydrogen-bond donors (Lipinski definition) is 2. The van der Waals surface area contributed by atoms with E-state index in [1.165, 1.54) is 19.3 Å². The van der Waals surface area contributed by atoms with Gasteiger partial charge in [0.25, 0.3) is 0 Å². The van der Waals surface area contributed by atoms with E-state index in [1.807, 2.05) is 24.3 Å². The smallest absolute Gasteiger partial charge is 0.308 e. The van der Waals surface area contributed by atoms with E-state index in [4.69, 9.17) is 4.74 Å². The fourth-order valence-electron chi connectivity index (χ4n) is 2.83. The Morgan fingerprint density at radius 3 is 2.70 bits per heavy atom. The molecule has 1 aromatic carbocycles. The Morgan fingerprint density at radius 2 is 2.09 bits per heavy atom. The zero-order valence-corrected chi connectivity index (χ0v) is 13.6. The molecule has 23 heavy (non-hydrogen) atoms. The Hall–Kier alpha value is -2.04. The van der Waals surface area contributed by atoms with Crippen molar-refractivity contribution in [2.24, 2.45) is 11.8 Å². The number of carbonyl (C=O) groups is 2. The van der Waals surface area contributed by atoms with Gasteiger partial charge in [-0.05, 0) is 30.4 Å². The van der Waals surface area contributed by atoms with Gasteiger partial charge in [-0.15, -0.1) is 0 Å². The van der Waals surface area contributed by atoms with Gasteiger partial charge in [0, 0.05) is 13.0 Å². The number of methoxy groups -OCH3 is 1. The van der Waals surface area contributed by atoms with Gasteiger partial charge in [0.1, 0.15) is 5.75 Å². The molecule has 5 nitrogen and oxygen atoms in total. The predicted molar refractivity (Wildman–Crippen MR) is 87.4 cm³/mol. The average Bonchev–Trinajstić information content (AvgIpc) is 2.49. The molecular weight excluding hydrogens is 294 g/mol. The van der Waals surface area contributed by atoms with Gasteiger partial charge in [-0.25, -0.2) is 0 Å². The lowest BCUT2D eigenvalue weighted by atomic mass is 9.82. The minimum Gasteiger partial charge on any atom is -0.496 e. The van der Waals surface area contributed by atoms with Crippen molar-refractivity contribution in [1.82, 2.24) is 5.32 Å². The SMILES string of the molecule is COc1ccccc1CC(CNC(=O)CCC1CCC1)C(=O)O. The molecule has 1 aliphatic carbocycles. The zero-order valence-electron chi connectivity index (χ0n) is 13.6. The molecule has 0 aromatic heterocycles. The minimum atomic E-state index is -0.907. The molecule has 1 fully saturated rings. The maximum Gasteiger partial charge on any atom is 0.308 e. The third kappa shape index (κ3) is 5.27. The molecule has 0 spiro atoms. The summed E-state index contributed by atoms with van der Waals surface area (Å²) < 4.78 is 5.25. The van der Waals surface area contributed by atoms with Crippen molar-refractivity contribution in [2.75, 3.05) is 13.7 Å². The van der Waals surface area contributed by atoms with Crippen LogP contribution in [0.5, 0.6) is 5.75 Å². The Bertz CT molecular complexity index is 540. The van der Waals surface area contributed by atoms with Gasteiger partial charge in [-0.1, -0.05) is 37.5 Å². The van der Waals surface area contributed by atoms with Gasteiger partial charge >= 0.3 is 5.97 Å². The van der Waals surface area contributed by atoms with Crippen LogP contribution in [-0.2, 0) is 16.0 Å². The molecule has 0 bridgehead atoms. The van der Waals surface area contributed by atoms with Crippen molar-refractivity contribution >= 4 is 11.9 Å². The number of ether oxygens (including phenoxy) is 1. The van der Waals surface area contributed by atoms with Crippen LogP contribution in [-0.4, -0.2) is 30.6 Å². The van der Waals surface area contributed by atoms with Crippen molar-refractivity contribution in [3.8, 4) is 5.75 Å². The summed E-state index contributed by atoms with van der Waals surface area (Å²) in [6.45, 7) is 0.150. The van der Waals surface area contributed by atoms with Gasteiger partial charge < -0.3 is 15.2 Å². The summed E-state index contributed by atoms with van der Waals surface area (Å²) in [6, 6.07) is 7.37. The lowest BCUT2D eigenvalue weighted by molar-refractivity contribution is -0.141. The van der Waals surface area contributed by atoms with Crippen molar-refractivity contribution < 1.29 is 19.4 Å². The molecule has 1 unspecified atom stereocenters. The number of benzene rings is 1. The molecule has 126 valence electrons. The molecular formula is C18H25NO4. The highest BCUT2D eigenvalue weighted by atomic mass is 16.5. The number of amides is 1. The first kappa shape index (κ1) is 17.3. The lowest BCUT2D eigenvalue weighted by Crippen LogP contribution is -2.34. The molecule has 1 amide bonds. The predicted octanol–water partition coefficient (Wildman–Crippen LogP) is 2.63. The highest BCUT2D eigenvalue weighted by Gasteiger charge is 2.22. The van der Waals surface area contributed by atoms with Crippen LogP contribution in [0.1, 0.15) is 37.7 Å². The number of nitrogens with one attached hydrogen (secondary N) is 1. The van der Waals surface area contributed by atoms with E-state index in [0.29, 0.717) is 24.5 Å². The number of carboxylic acid groups (broad SMARTS) is 1. The summed E-state index contributed by atoms with van der Waals surface area (Å²) in [5.74, 6) is -0.253. The van der Waals surface area contributed by atoms with Gasteiger partial charge in [0.05, 0.1) is 13.0 Å². The molecule has 2 N–H and O–H groups in total. The van der Waals surface area contributed by atoms with E-state index < -0.39 is 11.9 Å². The standard InChI is InChI=1S/C18H25NO4/c1-23-16-8-3-2-7-14(16)11-15(18(21)22)12-19-17(20)10-9-13-5-4-6-13/h2-3,7-8,13,15H,4-6,9-12H2,1H3,(H,19,20)(H,21,22). The second kappa shape index (κ2) is 8.56. The first-order chi connectivity index (χ1) is 11.1. The highest BCUT2D eigenvalue weighted by molar-refractivity contribution is 5.77. The summed E-state index contributed by atoms with van der Waals surface area (Å²) in [6.07, 6.45) is 5.45. The third-order valence-corrected chi connectivity index (χ3v) is 4.56. The molecule has 1 aliphatic rings. The van der Waals surface area contributed by atoms with Gasteiger partial charge in [-0.3, -0.25) is 9.59 Å². The molecule has 5 heteroatoms. The second-order valence-electron chi connectivity index (χ2n) is 6.19. The molecule has 0 heterocycles. The van der Waals surface area contributed by atoms with Crippen LogP contribution >= 0.6 is 0 Å². The first-order valence-electron chi connectivity index (χ1n) is 8.21. The van der Waals surface area contributed by atoms with E-state index in [2.05, 4.69) is 5.32 Å². The Kier molecular flexibility index (Phi) is 6.44. The average molecular weight is 319 g/mol. The number of aliphatic carboxylic acids is 1. The number of hydrogen-bond acceptors (Lipinski definition) is 3. The fraction of sp³-hybridized carbons (Fsp3) is 0.556. The van der Waals surface area contributed by atoms with Crippen LogP contribution < -0.4 is 10.1 Å². The Morgan fingerprint density at radius 1 is 1.35 bits per heavy atom. The van der Waals surface area contributed by atoms with E-state index >= 15 is 0 Å². The molecule has 0 saturated heterocycles. The van der Waals surface area contributed by atoms with E-state index in [0.717, 1.165) is 12.0 Å². The zero-order chi connectivity index (χ0) is 16.7. The topological polar surface area (TPSA) is 75.6 Å². The van der Waals surface area contributed by atoms with Crippen LogP contribution in [0.3, 0.4) is 0 Å². The number of carboxylic acids is 1. The summed E-state index contributed by atoms with van der Waals surface area (Å²) >= 11 is 0. The van der Waals surface area contributed by atoms with Gasteiger partial charge in [0.15, 0.2) is 0 Å². The van der Waals surface area contributed by atoms with Crippen LogP contribution in [0.4, 0.5) is 0 Å². The minimum absolute atomic E-state index is 0.0526. The Labute approximate surface area is 137 Å². The van der Waals surface area contributed by atoms with Crippen molar-refractivity contribution in [2.45, 2.75) is 38.5 Å². The van der Waals surface area contributed by atoms with Crippen LogP contribution in [0.15, 0.2) is 24.3 Å². The van der Waals surface area contributed by atoms with Gasteiger partial charge in [-0.2, -0.15) is 0 Å². The van der Waals surface area contributed by atoms with Gasteiger partial charge in [0.2, 0.25) is 5.91 Å². The van der Waals surface area contributed by atoms with E-state index in [-0.39, 0.29) is 12.5 Å². The van der Waals surface area contributed by atoms with Crippen LogP contribution in [0.2, 0.25) is 0 Å². The van der Waals surface area contributed by atoms with E-state index in [1.54, 1.807) is 7.11 Å². The highest BCUT2D eigenvalue weighted by Crippen LogP contribution is 2.30.